The molecule has 2 heterocycles. The molecule has 2 aromatic carbocycles. The highest BCUT2D eigenvalue weighted by atomic mass is 35.5. The third-order valence-electron chi connectivity index (χ3n) is 6.33. The lowest BCUT2D eigenvalue weighted by Gasteiger charge is -2.35. The van der Waals surface area contributed by atoms with E-state index in [0.29, 0.717) is 28.4 Å². The molecule has 0 saturated carbocycles. The van der Waals surface area contributed by atoms with Crippen molar-refractivity contribution in [3.8, 4) is 5.75 Å². The lowest BCUT2D eigenvalue weighted by molar-refractivity contribution is 0.139. The number of aryl methyl sites for hydroxylation is 1. The monoisotopic (exact) mass is 551 g/mol. The van der Waals surface area contributed by atoms with Gasteiger partial charge in [0.25, 0.3) is 0 Å². The van der Waals surface area contributed by atoms with Crippen LogP contribution in [0.25, 0.3) is 10.9 Å². The third-order valence-corrected chi connectivity index (χ3v) is 7.09. The van der Waals surface area contributed by atoms with E-state index in [9.17, 15) is 0 Å². The summed E-state index contributed by atoms with van der Waals surface area (Å²) in [5.74, 6) is 0.632. The molecule has 182 valence electrons. The Morgan fingerprint density at radius 2 is 1.61 bits per heavy atom. The molecule has 1 aromatic heterocycles. The molecule has 0 aliphatic carbocycles. The Morgan fingerprint density at radius 1 is 0.970 bits per heavy atom. The Labute approximate surface area is 223 Å². The van der Waals surface area contributed by atoms with Crippen LogP contribution in [0.2, 0.25) is 15.1 Å². The molecule has 3 aromatic rings. The smallest absolute Gasteiger partial charge is 0.138 e. The molecule has 0 bridgehead atoms. The highest BCUT2D eigenvalue weighted by Gasteiger charge is 2.24. The Balaban J connectivity index is 0.00000193. The van der Waals surface area contributed by atoms with E-state index in [1.54, 1.807) is 12.1 Å². The molecule has 1 aliphatic heterocycles. The second-order valence-corrected chi connectivity index (χ2v) is 9.76. The van der Waals surface area contributed by atoms with Crippen molar-refractivity contribution in [3.05, 3.63) is 62.7 Å². The van der Waals surface area contributed by atoms with Gasteiger partial charge in [-0.15, -0.1) is 24.8 Å². The van der Waals surface area contributed by atoms with Crippen molar-refractivity contribution in [2.24, 2.45) is 7.05 Å². The van der Waals surface area contributed by atoms with Crippen molar-refractivity contribution in [1.82, 2.24) is 14.4 Å². The van der Waals surface area contributed by atoms with E-state index >= 15 is 0 Å². The number of hydrogen-bond acceptors (Lipinski definition) is 3. The maximum absolute atomic E-state index is 6.37. The molecule has 0 atom stereocenters. The summed E-state index contributed by atoms with van der Waals surface area (Å²) >= 11 is 18.7. The Hall–Kier alpha value is -0.850. The number of ether oxygens (including phenoxy) is 1. The molecule has 1 aliphatic rings. The lowest BCUT2D eigenvalue weighted by atomic mass is 10.0. The maximum Gasteiger partial charge on any atom is 0.138 e. The molecule has 0 amide bonds. The van der Waals surface area contributed by atoms with E-state index in [0.717, 1.165) is 35.9 Å². The standard InChI is InChI=1S/C24H28Cl3N3O.2ClH/c1-28(2)18-8-10-30(11-9-18)14-20-19-12-16(25)4-6-22(19)29(3)23(20)15-31-24-7-5-17(26)13-21(24)27;;/h4-7,12-13,18H,8-11,14-15H2,1-3H3;2*1H. The number of hydrogen-bond donors (Lipinski definition) is 0. The second kappa shape index (κ2) is 12.2. The van der Waals surface area contributed by atoms with Crippen LogP contribution in [0.1, 0.15) is 24.1 Å². The van der Waals surface area contributed by atoms with Crippen molar-refractivity contribution in [2.75, 3.05) is 27.2 Å². The maximum atomic E-state index is 6.37. The first-order valence-electron chi connectivity index (χ1n) is 10.6. The van der Waals surface area contributed by atoms with Gasteiger partial charge in [-0.05, 0) is 82.0 Å². The molecule has 4 rings (SSSR count). The van der Waals surface area contributed by atoms with Crippen molar-refractivity contribution in [3.63, 3.8) is 0 Å². The van der Waals surface area contributed by atoms with Gasteiger partial charge in [0.2, 0.25) is 0 Å². The number of rotatable bonds is 6. The van der Waals surface area contributed by atoms with Gasteiger partial charge in [0.05, 0.1) is 10.7 Å². The average Bonchev–Trinajstić information content (AvgIpc) is 2.98. The van der Waals surface area contributed by atoms with E-state index in [1.165, 1.54) is 23.8 Å². The van der Waals surface area contributed by atoms with Crippen LogP contribution in [0.3, 0.4) is 0 Å². The molecule has 33 heavy (non-hydrogen) atoms. The van der Waals surface area contributed by atoms with Crippen LogP contribution in [-0.4, -0.2) is 47.6 Å². The summed E-state index contributed by atoms with van der Waals surface area (Å²) in [5, 5.41) is 3.05. The first-order chi connectivity index (χ1) is 14.8. The molecule has 0 radical (unpaired) electrons. The summed E-state index contributed by atoms with van der Waals surface area (Å²) in [6.45, 7) is 3.48. The van der Waals surface area contributed by atoms with Gasteiger partial charge in [-0.25, -0.2) is 0 Å². The lowest BCUT2D eigenvalue weighted by Crippen LogP contribution is -2.41. The van der Waals surface area contributed by atoms with Gasteiger partial charge < -0.3 is 14.2 Å². The van der Waals surface area contributed by atoms with Crippen molar-refractivity contribution < 1.29 is 4.74 Å². The summed E-state index contributed by atoms with van der Waals surface area (Å²) in [7, 11) is 6.43. The van der Waals surface area contributed by atoms with Crippen LogP contribution >= 0.6 is 59.6 Å². The van der Waals surface area contributed by atoms with Crippen LogP contribution in [-0.2, 0) is 20.2 Å². The Kier molecular flexibility index (Phi) is 10.5. The van der Waals surface area contributed by atoms with Gasteiger partial charge in [-0.3, -0.25) is 4.90 Å². The van der Waals surface area contributed by atoms with Crippen molar-refractivity contribution in [1.29, 1.82) is 0 Å². The van der Waals surface area contributed by atoms with Gasteiger partial charge >= 0.3 is 0 Å². The minimum absolute atomic E-state index is 0. The molecule has 1 fully saturated rings. The zero-order valence-corrected chi connectivity index (χ0v) is 22.9. The summed E-state index contributed by atoms with van der Waals surface area (Å²) in [6.07, 6.45) is 2.37. The minimum atomic E-state index is 0. The fraction of sp³-hybridized carbons (Fsp3) is 0.417. The van der Waals surface area contributed by atoms with E-state index < -0.39 is 0 Å². The Bertz CT molecular complexity index is 1080. The SMILES string of the molecule is CN(C)C1CCN(Cc2c(COc3ccc(Cl)cc3Cl)n(C)c3ccc(Cl)cc23)CC1.Cl.Cl. The number of fused-ring (bicyclic) bond motifs is 1. The summed E-state index contributed by atoms with van der Waals surface area (Å²) in [5.41, 5.74) is 3.56. The summed E-state index contributed by atoms with van der Waals surface area (Å²) < 4.78 is 8.33. The second-order valence-electron chi connectivity index (χ2n) is 8.48. The minimum Gasteiger partial charge on any atom is -0.486 e. The van der Waals surface area contributed by atoms with E-state index in [2.05, 4.69) is 47.6 Å². The van der Waals surface area contributed by atoms with Crippen LogP contribution in [0, 0.1) is 0 Å². The molecule has 0 N–H and O–H groups in total. The normalized spacial score (nSPS) is 14.9. The predicted octanol–water partition coefficient (Wildman–Crippen LogP) is 7.09. The molecule has 1 saturated heterocycles. The number of benzene rings is 2. The number of aromatic nitrogens is 1. The van der Waals surface area contributed by atoms with E-state index in [1.807, 2.05) is 12.1 Å². The number of nitrogens with zero attached hydrogens (tertiary/aromatic N) is 3. The van der Waals surface area contributed by atoms with Crippen LogP contribution in [0.4, 0.5) is 0 Å². The van der Waals surface area contributed by atoms with Gasteiger partial charge in [0.15, 0.2) is 0 Å². The molecule has 0 spiro atoms. The number of likely N-dealkylation sites (tertiary alicyclic amines) is 1. The number of halogens is 5. The first kappa shape index (κ1) is 28.4. The predicted molar refractivity (Wildman–Crippen MR) is 145 cm³/mol. The zero-order valence-electron chi connectivity index (χ0n) is 19.0. The summed E-state index contributed by atoms with van der Waals surface area (Å²) in [6, 6.07) is 12.1. The highest BCUT2D eigenvalue weighted by molar-refractivity contribution is 6.35. The topological polar surface area (TPSA) is 20.6 Å². The quantitative estimate of drug-likeness (QED) is 0.325. The highest BCUT2D eigenvalue weighted by Crippen LogP contribution is 2.33. The molecule has 9 heteroatoms. The van der Waals surface area contributed by atoms with Gasteiger partial charge in [-0.1, -0.05) is 34.8 Å². The van der Waals surface area contributed by atoms with Crippen molar-refractivity contribution in [2.45, 2.75) is 32.0 Å². The summed E-state index contributed by atoms with van der Waals surface area (Å²) in [4.78, 5) is 4.87. The van der Waals surface area contributed by atoms with E-state index in [4.69, 9.17) is 39.5 Å². The largest absolute Gasteiger partial charge is 0.486 e. The fourth-order valence-corrected chi connectivity index (χ4v) is 5.10. The van der Waals surface area contributed by atoms with Crippen LogP contribution in [0.5, 0.6) is 5.75 Å². The molecule has 4 nitrogen and oxygen atoms in total. The Morgan fingerprint density at radius 3 is 2.24 bits per heavy atom. The molecular formula is C24H30Cl5N3O. The first-order valence-corrected chi connectivity index (χ1v) is 11.7. The van der Waals surface area contributed by atoms with Gasteiger partial charge in [0.1, 0.15) is 12.4 Å². The van der Waals surface area contributed by atoms with Crippen molar-refractivity contribution >= 4 is 70.5 Å². The number of piperidine rings is 1. The van der Waals surface area contributed by atoms with Crippen LogP contribution in [0.15, 0.2) is 36.4 Å². The van der Waals surface area contributed by atoms with E-state index in [-0.39, 0.29) is 24.8 Å². The fourth-order valence-electron chi connectivity index (χ4n) is 4.46. The molecular weight excluding hydrogens is 524 g/mol. The third kappa shape index (κ3) is 6.43. The zero-order chi connectivity index (χ0) is 22.1. The van der Waals surface area contributed by atoms with Gasteiger partial charge in [0, 0.05) is 40.6 Å². The van der Waals surface area contributed by atoms with Gasteiger partial charge in [-0.2, -0.15) is 0 Å². The molecule has 0 unspecified atom stereocenters. The van der Waals surface area contributed by atoms with Crippen LogP contribution < -0.4 is 4.74 Å². The average molecular weight is 554 g/mol.